The smallest absolute Gasteiger partial charge is 0.456 e. The van der Waals surface area contributed by atoms with E-state index in [4.69, 9.17) is 13.8 Å². The van der Waals surface area contributed by atoms with Crippen molar-refractivity contribution in [2.75, 3.05) is 40.9 Å². The number of unbranched alkanes of at least 4 members (excludes halogenated alkanes) is 26. The number of phosphoric ester groups is 1. The Morgan fingerprint density at radius 3 is 1.24 bits per heavy atom. The Morgan fingerprint density at radius 1 is 0.450 bits per heavy atom. The van der Waals surface area contributed by atoms with Gasteiger partial charge in [0.25, 0.3) is 0 Å². The van der Waals surface area contributed by atoms with Crippen molar-refractivity contribution < 1.29 is 37.3 Å². The Morgan fingerprint density at radius 2 is 0.800 bits per heavy atom. The number of carbonyl (C=O) groups excluding carboxylic acids is 2. The van der Waals surface area contributed by atoms with Crippen molar-refractivity contribution in [3.05, 3.63) is 109 Å². The summed E-state index contributed by atoms with van der Waals surface area (Å²) in [6.07, 6.45) is 80.9. The quantitative estimate of drug-likeness (QED) is 0.0205. The van der Waals surface area contributed by atoms with Gasteiger partial charge < -0.3 is 19.4 Å². The lowest BCUT2D eigenvalue weighted by atomic mass is 10.0. The second kappa shape index (κ2) is 58.9. The summed E-state index contributed by atoms with van der Waals surface area (Å²) in [5, 5.41) is 3.05. The lowest BCUT2D eigenvalue weighted by Gasteiger charge is -2.27. The standard InChI is InChI=1S/C70H123N2O7P/c1-7-10-13-16-19-22-25-28-30-32-34-36-38-40-42-44-47-50-53-56-59-62-69(73)71-67(66-78-80(75,76)77-65-64-72(4,5)6)68(61-58-55-52-49-46-27-24-21-18-15-12-9-3)79-70(74)63-60-57-54-51-48-45-43-41-39-37-35-33-31-29-26-23-20-17-14-11-8-2/h11,14,19-20,22-23,28-31,35,37,41,43,48,51,58,61,67-68H,7-10,12-13,15-18,21,24-27,32-34,36,38-40,42,44-47,49-50,52-57,59-60,62-66H2,1-6H3,(H-,71,73,75,76)/p+1/b14-11-,22-19-,23-20-,30-28-,31-29-,37-35-,43-41-,51-48-,61-58+. The Bertz CT molecular complexity index is 1740. The van der Waals surface area contributed by atoms with Crippen molar-refractivity contribution >= 4 is 19.7 Å². The zero-order valence-electron chi connectivity index (χ0n) is 52.5. The maximum Gasteiger partial charge on any atom is 0.472 e. The molecule has 0 heterocycles. The van der Waals surface area contributed by atoms with Crippen LogP contribution in [0.4, 0.5) is 0 Å². The van der Waals surface area contributed by atoms with Gasteiger partial charge in [0.15, 0.2) is 0 Å². The number of carbonyl (C=O) groups is 2. The highest BCUT2D eigenvalue weighted by atomic mass is 31.2. The molecule has 0 aromatic rings. The fourth-order valence-electron chi connectivity index (χ4n) is 8.91. The number of nitrogens with one attached hydrogen (secondary N) is 1. The summed E-state index contributed by atoms with van der Waals surface area (Å²) in [6.45, 7) is 6.84. The van der Waals surface area contributed by atoms with Crippen molar-refractivity contribution in [1.29, 1.82) is 0 Å². The summed E-state index contributed by atoms with van der Waals surface area (Å²) in [5.41, 5.74) is 0. The minimum atomic E-state index is -4.47. The minimum Gasteiger partial charge on any atom is -0.456 e. The first-order valence-corrected chi connectivity index (χ1v) is 34.2. The van der Waals surface area contributed by atoms with Gasteiger partial charge in [-0.1, -0.05) is 252 Å². The molecule has 0 aromatic heterocycles. The zero-order chi connectivity index (χ0) is 58.6. The molecule has 9 nitrogen and oxygen atoms in total. The van der Waals surface area contributed by atoms with Crippen molar-refractivity contribution in [3.8, 4) is 0 Å². The summed E-state index contributed by atoms with van der Waals surface area (Å²) in [5.74, 6) is -0.560. The van der Waals surface area contributed by atoms with E-state index in [1.165, 1.54) is 135 Å². The average Bonchev–Trinajstić information content (AvgIpc) is 3.42. The van der Waals surface area contributed by atoms with Gasteiger partial charge in [0, 0.05) is 12.8 Å². The normalized spacial score (nSPS) is 14.3. The SMILES string of the molecule is CC/C=C\C/C=C\C/C=C\C/C=C\C/C=C\C/C=C\CCCCC(=O)OC(/C=C/CCCCCCCCCCCC)C(COP(=O)(O)OCC[N+](C)(C)C)NC(=O)CCCCCCCCCCCCC/C=C\C/C=C\CCCCC. The lowest BCUT2D eigenvalue weighted by Crippen LogP contribution is -2.47. The van der Waals surface area contributed by atoms with E-state index in [1.54, 1.807) is 0 Å². The van der Waals surface area contributed by atoms with E-state index in [2.05, 4.69) is 123 Å². The number of amides is 1. The molecule has 3 unspecified atom stereocenters. The maximum absolute atomic E-state index is 13.6. The Labute approximate surface area is 493 Å². The third kappa shape index (κ3) is 59.3. The third-order valence-corrected chi connectivity index (χ3v) is 14.9. The third-order valence-electron chi connectivity index (χ3n) is 13.9. The number of likely N-dealkylation sites (N-methyl/N-ethyl adjacent to an activating group) is 1. The highest BCUT2D eigenvalue weighted by molar-refractivity contribution is 7.47. The number of phosphoric acid groups is 1. The number of ether oxygens (including phenoxy) is 1. The van der Waals surface area contributed by atoms with Crippen LogP contribution in [0.2, 0.25) is 0 Å². The number of hydrogen-bond donors (Lipinski definition) is 2. The summed E-state index contributed by atoms with van der Waals surface area (Å²) < 4.78 is 30.7. The number of hydrogen-bond acceptors (Lipinski definition) is 6. The molecule has 0 aliphatic rings. The number of rotatable bonds is 58. The largest absolute Gasteiger partial charge is 0.472 e. The average molecular weight is 1140 g/mol. The molecule has 0 aromatic carbocycles. The number of quaternary nitrogens is 1. The van der Waals surface area contributed by atoms with Crippen molar-refractivity contribution in [2.24, 2.45) is 0 Å². The van der Waals surface area contributed by atoms with Gasteiger partial charge in [0.1, 0.15) is 19.3 Å². The van der Waals surface area contributed by atoms with Gasteiger partial charge in [-0.25, -0.2) is 4.57 Å². The highest BCUT2D eigenvalue weighted by Gasteiger charge is 2.30. The molecular formula is C70H124N2O7P+. The van der Waals surface area contributed by atoms with Crippen molar-refractivity contribution in [2.45, 2.75) is 283 Å². The molecule has 0 aliphatic heterocycles. The molecule has 0 rings (SSSR count). The summed E-state index contributed by atoms with van der Waals surface area (Å²) in [6, 6.07) is -0.874. The first-order chi connectivity index (χ1) is 38.9. The lowest BCUT2D eigenvalue weighted by molar-refractivity contribution is -0.870. The van der Waals surface area contributed by atoms with Gasteiger partial charge in [-0.3, -0.25) is 18.6 Å². The predicted octanol–water partition coefficient (Wildman–Crippen LogP) is 20.5. The Hall–Kier alpha value is -3.33. The van der Waals surface area contributed by atoms with Crippen LogP contribution in [0.1, 0.15) is 271 Å². The monoisotopic (exact) mass is 1140 g/mol. The molecular weight excluding hydrogens is 1010 g/mol. The van der Waals surface area contributed by atoms with Crippen LogP contribution < -0.4 is 5.32 Å². The van der Waals surface area contributed by atoms with Gasteiger partial charge in [0.05, 0.1) is 33.8 Å². The molecule has 0 saturated carbocycles. The molecule has 3 atom stereocenters. The van der Waals surface area contributed by atoms with Gasteiger partial charge in [-0.05, 0) is 115 Å². The van der Waals surface area contributed by atoms with E-state index in [0.717, 1.165) is 96.3 Å². The van der Waals surface area contributed by atoms with Crippen molar-refractivity contribution in [3.63, 3.8) is 0 Å². The van der Waals surface area contributed by atoms with E-state index >= 15 is 0 Å². The number of nitrogens with zero attached hydrogens (tertiary/aromatic N) is 1. The Kier molecular flexibility index (Phi) is 56.4. The Balaban J connectivity index is 5.28. The molecule has 0 aliphatic carbocycles. The molecule has 0 bridgehead atoms. The highest BCUT2D eigenvalue weighted by Crippen LogP contribution is 2.43. The van der Waals surface area contributed by atoms with Gasteiger partial charge in [-0.15, -0.1) is 0 Å². The molecule has 460 valence electrons. The number of allylic oxidation sites excluding steroid dienone is 17. The molecule has 0 fully saturated rings. The molecule has 0 saturated heterocycles. The maximum atomic E-state index is 13.6. The van der Waals surface area contributed by atoms with Crippen molar-refractivity contribution in [1.82, 2.24) is 5.32 Å². The molecule has 0 radical (unpaired) electrons. The van der Waals surface area contributed by atoms with Gasteiger partial charge >= 0.3 is 13.8 Å². The van der Waals surface area contributed by atoms with Crippen LogP contribution in [0.3, 0.4) is 0 Å². The van der Waals surface area contributed by atoms with Crippen LogP contribution in [0, 0.1) is 0 Å². The van der Waals surface area contributed by atoms with Crippen LogP contribution in [0.25, 0.3) is 0 Å². The van der Waals surface area contributed by atoms with Crippen LogP contribution in [-0.4, -0.2) is 74.3 Å². The van der Waals surface area contributed by atoms with Crippen LogP contribution in [-0.2, 0) is 27.9 Å². The molecule has 2 N–H and O–H groups in total. The molecule has 10 heteroatoms. The van der Waals surface area contributed by atoms with Gasteiger partial charge in [0.2, 0.25) is 5.91 Å². The first kappa shape index (κ1) is 76.7. The van der Waals surface area contributed by atoms with Crippen LogP contribution >= 0.6 is 7.82 Å². The zero-order valence-corrected chi connectivity index (χ0v) is 53.4. The van der Waals surface area contributed by atoms with E-state index < -0.39 is 20.0 Å². The van der Waals surface area contributed by atoms with E-state index in [-0.39, 0.29) is 31.5 Å². The van der Waals surface area contributed by atoms with E-state index in [0.29, 0.717) is 23.9 Å². The van der Waals surface area contributed by atoms with Crippen LogP contribution in [0.15, 0.2) is 109 Å². The van der Waals surface area contributed by atoms with Crippen LogP contribution in [0.5, 0.6) is 0 Å². The van der Waals surface area contributed by atoms with E-state index in [1.807, 2.05) is 33.3 Å². The summed E-state index contributed by atoms with van der Waals surface area (Å²) in [4.78, 5) is 37.8. The summed E-state index contributed by atoms with van der Waals surface area (Å²) >= 11 is 0. The van der Waals surface area contributed by atoms with Gasteiger partial charge in [-0.2, -0.15) is 0 Å². The predicted molar refractivity (Wildman–Crippen MR) is 346 cm³/mol. The molecule has 0 spiro atoms. The van der Waals surface area contributed by atoms with E-state index in [9.17, 15) is 19.0 Å². The topological polar surface area (TPSA) is 111 Å². The summed E-state index contributed by atoms with van der Waals surface area (Å²) in [7, 11) is 1.46. The minimum absolute atomic E-state index is 0.0278. The molecule has 80 heavy (non-hydrogen) atoms. The second-order valence-electron chi connectivity index (χ2n) is 22.9. The number of esters is 1. The first-order valence-electron chi connectivity index (χ1n) is 32.7. The fourth-order valence-corrected chi connectivity index (χ4v) is 9.65. The molecule has 1 amide bonds. The second-order valence-corrected chi connectivity index (χ2v) is 24.4. The fraction of sp³-hybridized carbons (Fsp3) is 0.714.